The minimum absolute atomic E-state index is 0.00392. The number of sulfone groups is 1. The molecule has 1 saturated heterocycles. The maximum atomic E-state index is 12.3. The lowest BCUT2D eigenvalue weighted by atomic mass is 10.2. The van der Waals surface area contributed by atoms with E-state index in [1.807, 2.05) is 0 Å². The van der Waals surface area contributed by atoms with Crippen molar-refractivity contribution in [2.24, 2.45) is 11.7 Å². The molecule has 5 nitrogen and oxygen atoms in total. The second kappa shape index (κ2) is 6.46. The van der Waals surface area contributed by atoms with Crippen LogP contribution in [0.15, 0.2) is 33.6 Å². The van der Waals surface area contributed by atoms with E-state index >= 15 is 0 Å². The predicted octanol–water partition coefficient (Wildman–Crippen LogP) is 1.42. The summed E-state index contributed by atoms with van der Waals surface area (Å²) in [6.45, 7) is 2.78. The zero-order chi connectivity index (χ0) is 15.6. The van der Waals surface area contributed by atoms with Gasteiger partial charge in [-0.15, -0.1) is 0 Å². The Morgan fingerprint density at radius 2 is 2.05 bits per heavy atom. The Morgan fingerprint density at radius 3 is 2.57 bits per heavy atom. The average Bonchev–Trinajstić information content (AvgIpc) is 2.84. The number of nitrogens with two attached hydrogens (primary N) is 1. The van der Waals surface area contributed by atoms with E-state index in [1.54, 1.807) is 36.1 Å². The van der Waals surface area contributed by atoms with Crippen molar-refractivity contribution in [1.29, 1.82) is 0 Å². The van der Waals surface area contributed by atoms with Crippen LogP contribution in [-0.2, 0) is 14.6 Å². The molecule has 1 amide bonds. The third-order valence-corrected chi connectivity index (χ3v) is 6.06. The van der Waals surface area contributed by atoms with E-state index in [1.165, 1.54) is 0 Å². The number of nitrogens with zero attached hydrogens (tertiary/aromatic N) is 1. The molecule has 1 heterocycles. The van der Waals surface area contributed by atoms with Crippen LogP contribution in [0.5, 0.6) is 0 Å². The van der Waals surface area contributed by atoms with Gasteiger partial charge >= 0.3 is 0 Å². The number of halogens is 1. The van der Waals surface area contributed by atoms with Gasteiger partial charge in [0.2, 0.25) is 5.91 Å². The fourth-order valence-electron chi connectivity index (χ4n) is 2.44. The summed E-state index contributed by atoms with van der Waals surface area (Å²) in [5.41, 5.74) is 5.78. The molecule has 0 radical (unpaired) electrons. The Labute approximate surface area is 133 Å². The van der Waals surface area contributed by atoms with Crippen LogP contribution >= 0.6 is 15.9 Å². The molecule has 0 saturated carbocycles. The highest BCUT2D eigenvalue weighted by atomic mass is 79.9. The molecule has 1 aliphatic heterocycles. The molecule has 1 unspecified atom stereocenters. The van der Waals surface area contributed by atoms with E-state index < -0.39 is 15.8 Å². The first kappa shape index (κ1) is 16.5. The second-order valence-electron chi connectivity index (χ2n) is 5.47. The molecule has 1 aliphatic rings. The Bertz CT molecular complexity index is 616. The van der Waals surface area contributed by atoms with Crippen LogP contribution < -0.4 is 5.73 Å². The minimum Gasteiger partial charge on any atom is -0.341 e. The molecular weight excluding hydrogens is 356 g/mol. The van der Waals surface area contributed by atoms with Crippen LogP contribution in [0.3, 0.4) is 0 Å². The van der Waals surface area contributed by atoms with Gasteiger partial charge in [0.05, 0.1) is 10.6 Å². The fourth-order valence-corrected chi connectivity index (χ4v) is 4.25. The minimum atomic E-state index is -3.46. The molecule has 1 fully saturated rings. The third kappa shape index (κ3) is 4.05. The molecule has 7 heteroatoms. The molecular formula is C14H19BrN2O3S. The van der Waals surface area contributed by atoms with Crippen molar-refractivity contribution >= 4 is 31.7 Å². The van der Waals surface area contributed by atoms with E-state index in [0.29, 0.717) is 13.1 Å². The SMILES string of the molecule is CC(CS(=O)(=O)c1ccc(Br)cc1)C(=O)N1CC[C@@H](N)C1. The van der Waals surface area contributed by atoms with Crippen LogP contribution in [-0.4, -0.2) is 44.1 Å². The van der Waals surface area contributed by atoms with Gasteiger partial charge in [-0.25, -0.2) is 8.42 Å². The van der Waals surface area contributed by atoms with Crippen LogP contribution in [0.2, 0.25) is 0 Å². The third-order valence-electron chi connectivity index (χ3n) is 3.60. The number of hydrogen-bond donors (Lipinski definition) is 1. The number of likely N-dealkylation sites (tertiary alicyclic amines) is 1. The van der Waals surface area contributed by atoms with E-state index in [4.69, 9.17) is 5.73 Å². The van der Waals surface area contributed by atoms with Crippen molar-refractivity contribution in [3.05, 3.63) is 28.7 Å². The van der Waals surface area contributed by atoms with Crippen LogP contribution in [0.4, 0.5) is 0 Å². The molecule has 0 spiro atoms. The largest absolute Gasteiger partial charge is 0.341 e. The summed E-state index contributed by atoms with van der Waals surface area (Å²) in [7, 11) is -3.46. The molecule has 21 heavy (non-hydrogen) atoms. The lowest BCUT2D eigenvalue weighted by molar-refractivity contribution is -0.133. The van der Waals surface area contributed by atoms with E-state index in [-0.39, 0.29) is 22.6 Å². The first-order valence-electron chi connectivity index (χ1n) is 6.82. The number of amides is 1. The highest BCUT2D eigenvalue weighted by molar-refractivity contribution is 9.10. The van der Waals surface area contributed by atoms with Crippen LogP contribution in [0, 0.1) is 5.92 Å². The summed E-state index contributed by atoms with van der Waals surface area (Å²) in [5, 5.41) is 0. The average molecular weight is 375 g/mol. The topological polar surface area (TPSA) is 80.5 Å². The van der Waals surface area contributed by atoms with Gasteiger partial charge in [-0.2, -0.15) is 0 Å². The number of carbonyl (C=O) groups excluding carboxylic acids is 1. The van der Waals surface area contributed by atoms with E-state index in [2.05, 4.69) is 15.9 Å². The van der Waals surface area contributed by atoms with E-state index in [0.717, 1.165) is 10.9 Å². The summed E-state index contributed by atoms with van der Waals surface area (Å²) in [4.78, 5) is 14.2. The predicted molar refractivity (Wildman–Crippen MR) is 84.5 cm³/mol. The number of benzene rings is 1. The smallest absolute Gasteiger partial charge is 0.226 e. The summed E-state index contributed by atoms with van der Waals surface area (Å²) in [5.74, 6) is -0.883. The molecule has 1 aromatic rings. The Balaban J connectivity index is 2.05. The second-order valence-corrected chi connectivity index (χ2v) is 8.42. The van der Waals surface area contributed by atoms with Gasteiger partial charge in [-0.3, -0.25) is 4.79 Å². The summed E-state index contributed by atoms with van der Waals surface area (Å²) < 4.78 is 25.5. The van der Waals surface area contributed by atoms with Crippen molar-refractivity contribution in [2.75, 3.05) is 18.8 Å². The molecule has 116 valence electrons. The molecule has 0 aliphatic carbocycles. The molecule has 0 bridgehead atoms. The molecule has 2 rings (SSSR count). The number of hydrogen-bond acceptors (Lipinski definition) is 4. The van der Waals surface area contributed by atoms with Crippen molar-refractivity contribution in [2.45, 2.75) is 24.3 Å². The quantitative estimate of drug-likeness (QED) is 0.863. The van der Waals surface area contributed by atoms with Gasteiger partial charge in [0.15, 0.2) is 9.84 Å². The highest BCUT2D eigenvalue weighted by Crippen LogP contribution is 2.19. The normalized spacial score (nSPS) is 20.5. The summed E-state index contributed by atoms with van der Waals surface area (Å²) in [6.07, 6.45) is 0.776. The lowest BCUT2D eigenvalue weighted by Crippen LogP contribution is -2.37. The van der Waals surface area contributed by atoms with Gasteiger partial charge < -0.3 is 10.6 Å². The molecule has 2 atom stereocenters. The molecule has 1 aromatic carbocycles. The summed E-state index contributed by atoms with van der Waals surface area (Å²) >= 11 is 3.27. The Hall–Kier alpha value is -0.920. The Morgan fingerprint density at radius 1 is 1.43 bits per heavy atom. The van der Waals surface area contributed by atoms with Gasteiger partial charge in [0.1, 0.15) is 0 Å². The first-order valence-corrected chi connectivity index (χ1v) is 9.27. The van der Waals surface area contributed by atoms with Crippen molar-refractivity contribution in [3.63, 3.8) is 0 Å². The Kier molecular flexibility index (Phi) is 5.06. The van der Waals surface area contributed by atoms with Crippen LogP contribution in [0.25, 0.3) is 0 Å². The molecule has 0 aromatic heterocycles. The fraction of sp³-hybridized carbons (Fsp3) is 0.500. The zero-order valence-corrected chi connectivity index (χ0v) is 14.2. The zero-order valence-electron chi connectivity index (χ0n) is 11.8. The van der Waals surface area contributed by atoms with Gasteiger partial charge in [-0.05, 0) is 30.7 Å². The standard InChI is InChI=1S/C14H19BrN2O3S/c1-10(14(18)17-7-6-12(16)8-17)9-21(19,20)13-4-2-11(15)3-5-13/h2-5,10,12H,6-9,16H2,1H3/t10?,12-/m1/s1. The van der Waals surface area contributed by atoms with Gasteiger partial charge in [0, 0.05) is 29.5 Å². The maximum Gasteiger partial charge on any atom is 0.226 e. The maximum absolute atomic E-state index is 12.3. The number of rotatable bonds is 4. The monoisotopic (exact) mass is 374 g/mol. The van der Waals surface area contributed by atoms with Crippen molar-refractivity contribution in [1.82, 2.24) is 4.90 Å². The van der Waals surface area contributed by atoms with Crippen molar-refractivity contribution < 1.29 is 13.2 Å². The van der Waals surface area contributed by atoms with Gasteiger partial charge in [-0.1, -0.05) is 22.9 Å². The summed E-state index contributed by atoms with van der Waals surface area (Å²) in [6, 6.07) is 6.45. The highest BCUT2D eigenvalue weighted by Gasteiger charge is 2.30. The van der Waals surface area contributed by atoms with Gasteiger partial charge in [0.25, 0.3) is 0 Å². The van der Waals surface area contributed by atoms with E-state index in [9.17, 15) is 13.2 Å². The molecule has 2 N–H and O–H groups in total. The van der Waals surface area contributed by atoms with Crippen molar-refractivity contribution in [3.8, 4) is 0 Å². The number of carbonyl (C=O) groups is 1. The van der Waals surface area contributed by atoms with Crippen LogP contribution in [0.1, 0.15) is 13.3 Å². The first-order chi connectivity index (χ1) is 9.79. The lowest BCUT2D eigenvalue weighted by Gasteiger charge is -2.20.